The number of likely N-dealkylation sites (tertiary alicyclic amines) is 1. The molecule has 6 heteroatoms. The third-order valence-corrected chi connectivity index (χ3v) is 5.84. The molecule has 0 bridgehead atoms. The number of aliphatic hydroxyl groups is 1. The first kappa shape index (κ1) is 20.3. The van der Waals surface area contributed by atoms with E-state index in [0.29, 0.717) is 24.6 Å². The summed E-state index contributed by atoms with van der Waals surface area (Å²) >= 11 is 0. The zero-order valence-electron chi connectivity index (χ0n) is 17.2. The lowest BCUT2D eigenvalue weighted by molar-refractivity contribution is -0.140. The molecule has 4 rings (SSSR count). The first-order valence-corrected chi connectivity index (χ1v) is 10.4. The van der Waals surface area contributed by atoms with Gasteiger partial charge in [-0.1, -0.05) is 38.1 Å². The van der Waals surface area contributed by atoms with Gasteiger partial charge in [-0.3, -0.25) is 14.6 Å². The van der Waals surface area contributed by atoms with Gasteiger partial charge in [-0.2, -0.15) is 0 Å². The van der Waals surface area contributed by atoms with Crippen molar-refractivity contribution in [1.82, 2.24) is 9.88 Å². The van der Waals surface area contributed by atoms with Gasteiger partial charge in [0.15, 0.2) is 0 Å². The molecule has 2 atom stereocenters. The van der Waals surface area contributed by atoms with Crippen LogP contribution >= 0.6 is 0 Å². The number of hydrogen-bond acceptors (Lipinski definition) is 5. The summed E-state index contributed by atoms with van der Waals surface area (Å²) in [6.45, 7) is 5.22. The highest BCUT2D eigenvalue weighted by atomic mass is 16.5. The van der Waals surface area contributed by atoms with Crippen molar-refractivity contribution in [3.63, 3.8) is 0 Å². The number of carbonyl (C=O) groups excluding carboxylic acids is 2. The summed E-state index contributed by atoms with van der Waals surface area (Å²) in [5.74, 6) is -1.07. The molecular weight excluding hydrogens is 380 g/mol. The van der Waals surface area contributed by atoms with Gasteiger partial charge in [0.25, 0.3) is 11.7 Å². The number of amides is 1. The molecule has 1 amide bonds. The molecule has 2 fully saturated rings. The third kappa shape index (κ3) is 3.75. The number of benzene rings is 1. The van der Waals surface area contributed by atoms with Crippen molar-refractivity contribution in [3.8, 4) is 0 Å². The Bertz CT molecular complexity index is 960. The molecule has 2 saturated heterocycles. The summed E-state index contributed by atoms with van der Waals surface area (Å²) in [6.07, 6.45) is 4.79. The molecule has 1 N–H and O–H groups in total. The maximum Gasteiger partial charge on any atom is 0.295 e. The lowest BCUT2D eigenvalue weighted by Crippen LogP contribution is -2.36. The van der Waals surface area contributed by atoms with Crippen LogP contribution in [0, 0.1) is 0 Å². The number of hydrogen-bond donors (Lipinski definition) is 1. The Morgan fingerprint density at radius 2 is 1.87 bits per heavy atom. The van der Waals surface area contributed by atoms with E-state index in [1.165, 1.54) is 5.56 Å². The SMILES string of the molecule is CC(C)c1ccc(C2/C(=C(/O)c3ccncc3)C(=O)C(=O)N2CC2CCCO2)cc1. The minimum Gasteiger partial charge on any atom is -0.507 e. The third-order valence-electron chi connectivity index (χ3n) is 5.84. The van der Waals surface area contributed by atoms with Crippen LogP contribution in [0.15, 0.2) is 54.4 Å². The van der Waals surface area contributed by atoms with E-state index < -0.39 is 17.7 Å². The Morgan fingerprint density at radius 3 is 2.47 bits per heavy atom. The van der Waals surface area contributed by atoms with Crippen LogP contribution < -0.4 is 0 Å². The van der Waals surface area contributed by atoms with Crippen molar-refractivity contribution in [2.45, 2.75) is 44.8 Å². The number of ketones is 1. The number of nitrogens with zero attached hydrogens (tertiary/aromatic N) is 2. The van der Waals surface area contributed by atoms with E-state index in [1.807, 2.05) is 24.3 Å². The molecule has 2 aliphatic rings. The van der Waals surface area contributed by atoms with Gasteiger partial charge in [0.1, 0.15) is 5.76 Å². The molecule has 2 unspecified atom stereocenters. The highest BCUT2D eigenvalue weighted by molar-refractivity contribution is 6.46. The smallest absolute Gasteiger partial charge is 0.295 e. The number of Topliss-reactive ketones (excluding diaryl/α,β-unsaturated/α-hetero) is 1. The van der Waals surface area contributed by atoms with Gasteiger partial charge < -0.3 is 14.7 Å². The Labute approximate surface area is 176 Å². The predicted molar refractivity (Wildman–Crippen MR) is 113 cm³/mol. The number of pyridine rings is 1. The van der Waals surface area contributed by atoms with Crippen molar-refractivity contribution in [1.29, 1.82) is 0 Å². The summed E-state index contributed by atoms with van der Waals surface area (Å²) in [5.41, 5.74) is 2.54. The number of ether oxygens (including phenoxy) is 1. The van der Waals surface area contributed by atoms with E-state index >= 15 is 0 Å². The fraction of sp³-hybridized carbons (Fsp3) is 0.375. The van der Waals surface area contributed by atoms with Crippen molar-refractivity contribution < 1.29 is 19.4 Å². The van der Waals surface area contributed by atoms with Gasteiger partial charge in [0, 0.05) is 31.1 Å². The van der Waals surface area contributed by atoms with E-state index in [1.54, 1.807) is 29.4 Å². The van der Waals surface area contributed by atoms with Crippen LogP contribution in [0.3, 0.4) is 0 Å². The first-order chi connectivity index (χ1) is 14.5. The second kappa shape index (κ2) is 8.40. The second-order valence-corrected chi connectivity index (χ2v) is 8.14. The second-order valence-electron chi connectivity index (χ2n) is 8.14. The topological polar surface area (TPSA) is 79.7 Å². The average Bonchev–Trinajstić information content (AvgIpc) is 3.36. The predicted octanol–water partition coefficient (Wildman–Crippen LogP) is 3.81. The summed E-state index contributed by atoms with van der Waals surface area (Å²) in [5, 5.41) is 11.0. The summed E-state index contributed by atoms with van der Waals surface area (Å²) in [4.78, 5) is 31.5. The molecular formula is C24H26N2O4. The molecule has 0 radical (unpaired) electrons. The average molecular weight is 406 g/mol. The highest BCUT2D eigenvalue weighted by Crippen LogP contribution is 2.40. The molecule has 1 aromatic carbocycles. The molecule has 156 valence electrons. The standard InChI is InChI=1S/C24H26N2O4/c1-15(2)16-5-7-17(8-6-16)21-20(22(27)18-9-11-25-12-10-18)23(28)24(29)26(21)14-19-4-3-13-30-19/h5-12,15,19,21,27H,3-4,13-14H2,1-2H3/b22-20-. The summed E-state index contributed by atoms with van der Waals surface area (Å²) in [7, 11) is 0. The Kier molecular flexibility index (Phi) is 5.68. The van der Waals surface area contributed by atoms with Gasteiger partial charge in [-0.05, 0) is 42.0 Å². The molecule has 30 heavy (non-hydrogen) atoms. The monoisotopic (exact) mass is 406 g/mol. The molecule has 2 aliphatic heterocycles. The molecule has 1 aromatic heterocycles. The Morgan fingerprint density at radius 1 is 1.17 bits per heavy atom. The highest BCUT2D eigenvalue weighted by Gasteiger charge is 2.47. The zero-order valence-corrected chi connectivity index (χ0v) is 17.2. The summed E-state index contributed by atoms with van der Waals surface area (Å²) < 4.78 is 5.72. The van der Waals surface area contributed by atoms with Crippen molar-refractivity contribution >= 4 is 17.4 Å². The molecule has 0 spiro atoms. The number of aliphatic hydroxyl groups excluding tert-OH is 1. The van der Waals surface area contributed by atoms with E-state index in [-0.39, 0.29) is 17.4 Å². The van der Waals surface area contributed by atoms with Gasteiger partial charge in [-0.15, -0.1) is 0 Å². The molecule has 3 heterocycles. The van der Waals surface area contributed by atoms with Crippen LogP contribution in [0.2, 0.25) is 0 Å². The van der Waals surface area contributed by atoms with Gasteiger partial charge >= 0.3 is 0 Å². The van der Waals surface area contributed by atoms with E-state index in [0.717, 1.165) is 18.4 Å². The van der Waals surface area contributed by atoms with Crippen LogP contribution in [0.5, 0.6) is 0 Å². The van der Waals surface area contributed by atoms with E-state index in [9.17, 15) is 14.7 Å². The maximum atomic E-state index is 13.0. The van der Waals surface area contributed by atoms with Crippen LogP contribution in [-0.2, 0) is 14.3 Å². The van der Waals surface area contributed by atoms with Crippen LogP contribution in [0.25, 0.3) is 5.76 Å². The van der Waals surface area contributed by atoms with Crippen molar-refractivity contribution in [2.24, 2.45) is 0 Å². The lowest BCUT2D eigenvalue weighted by atomic mass is 9.93. The van der Waals surface area contributed by atoms with E-state index in [2.05, 4.69) is 18.8 Å². The van der Waals surface area contributed by atoms with Crippen molar-refractivity contribution in [3.05, 3.63) is 71.1 Å². The quantitative estimate of drug-likeness (QED) is 0.464. The minimum absolute atomic E-state index is 0.0957. The number of carbonyl (C=O) groups is 2. The molecule has 6 nitrogen and oxygen atoms in total. The molecule has 0 aliphatic carbocycles. The van der Waals surface area contributed by atoms with Gasteiger partial charge in [0.05, 0.1) is 17.7 Å². The van der Waals surface area contributed by atoms with Crippen LogP contribution in [-0.4, -0.2) is 45.9 Å². The Hall–Kier alpha value is -2.99. The molecule has 0 saturated carbocycles. The largest absolute Gasteiger partial charge is 0.507 e. The minimum atomic E-state index is -0.666. The maximum absolute atomic E-state index is 13.0. The van der Waals surface area contributed by atoms with E-state index in [4.69, 9.17) is 4.74 Å². The van der Waals surface area contributed by atoms with Crippen LogP contribution in [0.1, 0.15) is 55.3 Å². The Balaban J connectivity index is 1.80. The van der Waals surface area contributed by atoms with Crippen LogP contribution in [0.4, 0.5) is 0 Å². The summed E-state index contributed by atoms with van der Waals surface area (Å²) in [6, 6.07) is 10.5. The fourth-order valence-electron chi connectivity index (χ4n) is 4.15. The van der Waals surface area contributed by atoms with Gasteiger partial charge in [0.2, 0.25) is 0 Å². The lowest BCUT2D eigenvalue weighted by Gasteiger charge is -2.27. The normalized spacial score (nSPS) is 23.5. The molecule has 2 aromatic rings. The number of aromatic nitrogens is 1. The zero-order chi connectivity index (χ0) is 21.3. The van der Waals surface area contributed by atoms with Gasteiger partial charge in [-0.25, -0.2) is 0 Å². The number of rotatable bonds is 5. The fourth-order valence-corrected chi connectivity index (χ4v) is 4.15. The van der Waals surface area contributed by atoms with Crippen molar-refractivity contribution in [2.75, 3.05) is 13.2 Å². The first-order valence-electron chi connectivity index (χ1n) is 10.4.